The number of nitrogens with zero attached hydrogens (tertiary/aromatic N) is 1. The van der Waals surface area contributed by atoms with E-state index in [0.717, 1.165) is 3.57 Å². The fourth-order valence-corrected chi connectivity index (χ4v) is 4.67. The number of halogens is 1. The van der Waals surface area contributed by atoms with E-state index in [1.165, 1.54) is 23.5 Å². The van der Waals surface area contributed by atoms with E-state index in [4.69, 9.17) is 4.74 Å². The quantitative estimate of drug-likeness (QED) is 0.605. The number of nitrogens with one attached hydrogen (secondary N) is 1. The Hall–Kier alpha value is -1.65. The molecule has 0 atom stereocenters. The van der Waals surface area contributed by atoms with Gasteiger partial charge in [-0.25, -0.2) is 8.42 Å². The predicted molar refractivity (Wildman–Crippen MR) is 110 cm³/mol. The zero-order chi connectivity index (χ0) is 19.3. The minimum Gasteiger partial charge on any atom is -0.495 e. The van der Waals surface area contributed by atoms with Gasteiger partial charge in [-0.05, 0) is 59.0 Å². The van der Waals surface area contributed by atoms with Crippen molar-refractivity contribution in [3.63, 3.8) is 0 Å². The molecule has 1 amide bonds. The summed E-state index contributed by atoms with van der Waals surface area (Å²) >= 11 is 2.15. The first kappa shape index (κ1) is 20.7. The Morgan fingerprint density at radius 3 is 2.42 bits per heavy atom. The molecule has 0 bridgehead atoms. The number of sulfonamides is 1. The zero-order valence-corrected chi connectivity index (χ0v) is 17.8. The van der Waals surface area contributed by atoms with Crippen molar-refractivity contribution in [2.24, 2.45) is 0 Å². The highest BCUT2D eigenvalue weighted by atomic mass is 127. The first-order chi connectivity index (χ1) is 12.3. The third-order valence-electron chi connectivity index (χ3n) is 3.83. The number of ether oxygens (including phenoxy) is 1. The van der Waals surface area contributed by atoms with Crippen LogP contribution in [-0.4, -0.2) is 38.8 Å². The summed E-state index contributed by atoms with van der Waals surface area (Å²) in [5.74, 6) is -0.173. The average molecular weight is 488 g/mol. The smallest absolute Gasteiger partial charge is 0.255 e. The standard InChI is InChI=1S/C18H21IN2O4S/c1-4-21(5-2)26(23,24)17-11-13(9-10-16(17)25-3)18(22)20-15-8-6-7-14(19)12-15/h6-12H,4-5H2,1-3H3,(H,20,22). The Labute approximate surface area is 167 Å². The van der Waals surface area contributed by atoms with Crippen LogP contribution in [0.1, 0.15) is 24.2 Å². The van der Waals surface area contributed by atoms with Crippen LogP contribution in [0.15, 0.2) is 47.4 Å². The van der Waals surface area contributed by atoms with Gasteiger partial charge in [0.15, 0.2) is 0 Å². The van der Waals surface area contributed by atoms with E-state index in [0.29, 0.717) is 18.8 Å². The number of amides is 1. The minimum atomic E-state index is -3.75. The lowest BCUT2D eigenvalue weighted by Crippen LogP contribution is -2.31. The summed E-state index contributed by atoms with van der Waals surface area (Å²) in [7, 11) is -2.35. The molecule has 2 aromatic rings. The molecule has 26 heavy (non-hydrogen) atoms. The molecule has 0 fully saturated rings. The number of rotatable bonds is 7. The summed E-state index contributed by atoms with van der Waals surface area (Å²) in [5.41, 5.74) is 0.890. The molecule has 0 aliphatic carbocycles. The molecule has 6 nitrogen and oxygen atoms in total. The highest BCUT2D eigenvalue weighted by Gasteiger charge is 2.26. The molecular weight excluding hydrogens is 467 g/mol. The maximum absolute atomic E-state index is 12.9. The van der Waals surface area contributed by atoms with Crippen molar-refractivity contribution in [3.8, 4) is 5.75 Å². The van der Waals surface area contributed by atoms with Gasteiger partial charge in [-0.2, -0.15) is 4.31 Å². The number of methoxy groups -OCH3 is 1. The lowest BCUT2D eigenvalue weighted by molar-refractivity contribution is 0.102. The number of hydrogen-bond donors (Lipinski definition) is 1. The molecule has 0 aliphatic heterocycles. The second-order valence-electron chi connectivity index (χ2n) is 5.42. The van der Waals surface area contributed by atoms with Crippen LogP contribution in [0.25, 0.3) is 0 Å². The minimum absolute atomic E-state index is 0.0148. The number of hydrogen-bond acceptors (Lipinski definition) is 4. The third kappa shape index (κ3) is 4.54. The van der Waals surface area contributed by atoms with E-state index in [1.54, 1.807) is 26.0 Å². The number of carbonyl (C=O) groups is 1. The summed E-state index contributed by atoms with van der Waals surface area (Å²) in [5, 5.41) is 2.78. The summed E-state index contributed by atoms with van der Waals surface area (Å²) in [6.45, 7) is 4.20. The third-order valence-corrected chi connectivity index (χ3v) is 6.57. The van der Waals surface area contributed by atoms with E-state index in [-0.39, 0.29) is 22.1 Å². The largest absolute Gasteiger partial charge is 0.495 e. The molecule has 0 saturated heterocycles. The van der Waals surface area contributed by atoms with Crippen LogP contribution in [0.5, 0.6) is 5.75 Å². The SMILES string of the molecule is CCN(CC)S(=O)(=O)c1cc(C(=O)Nc2cccc(I)c2)ccc1OC. The maximum atomic E-state index is 12.9. The van der Waals surface area contributed by atoms with Gasteiger partial charge in [0.2, 0.25) is 10.0 Å². The van der Waals surface area contributed by atoms with Crippen molar-refractivity contribution in [2.45, 2.75) is 18.7 Å². The van der Waals surface area contributed by atoms with E-state index in [2.05, 4.69) is 27.9 Å². The monoisotopic (exact) mass is 488 g/mol. The molecule has 140 valence electrons. The normalized spacial score (nSPS) is 11.4. The molecule has 0 spiro atoms. The molecule has 2 rings (SSSR count). The fraction of sp³-hybridized carbons (Fsp3) is 0.278. The first-order valence-corrected chi connectivity index (χ1v) is 10.6. The van der Waals surface area contributed by atoms with E-state index >= 15 is 0 Å². The van der Waals surface area contributed by atoms with Crippen molar-refractivity contribution < 1.29 is 17.9 Å². The van der Waals surface area contributed by atoms with Crippen molar-refractivity contribution in [3.05, 3.63) is 51.6 Å². The zero-order valence-electron chi connectivity index (χ0n) is 14.8. The molecule has 0 saturated carbocycles. The number of carbonyl (C=O) groups excluding carboxylic acids is 1. The van der Waals surface area contributed by atoms with Crippen molar-refractivity contribution >= 4 is 44.2 Å². The number of anilines is 1. The van der Waals surface area contributed by atoms with Crippen molar-refractivity contribution in [1.82, 2.24) is 4.31 Å². The Kier molecular flexibility index (Phi) is 7.01. The van der Waals surface area contributed by atoms with Crippen LogP contribution in [0.2, 0.25) is 0 Å². The van der Waals surface area contributed by atoms with Gasteiger partial charge in [0.05, 0.1) is 7.11 Å². The van der Waals surface area contributed by atoms with Gasteiger partial charge in [0, 0.05) is 27.9 Å². The second kappa shape index (κ2) is 8.83. The van der Waals surface area contributed by atoms with Crippen molar-refractivity contribution in [1.29, 1.82) is 0 Å². The molecule has 0 radical (unpaired) electrons. The molecule has 0 aliphatic rings. The molecule has 8 heteroatoms. The van der Waals surface area contributed by atoms with Gasteiger partial charge in [-0.15, -0.1) is 0 Å². The van der Waals surface area contributed by atoms with Crippen LogP contribution >= 0.6 is 22.6 Å². The summed E-state index contributed by atoms with van der Waals surface area (Å²) in [6, 6.07) is 11.8. The molecular formula is C18H21IN2O4S. The molecule has 0 unspecified atom stereocenters. The fourth-order valence-electron chi connectivity index (χ4n) is 2.49. The van der Waals surface area contributed by atoms with Crippen molar-refractivity contribution in [2.75, 3.05) is 25.5 Å². The van der Waals surface area contributed by atoms with Gasteiger partial charge >= 0.3 is 0 Å². The van der Waals surface area contributed by atoms with Gasteiger partial charge in [0.1, 0.15) is 10.6 Å². The molecule has 0 aromatic heterocycles. The molecule has 2 aromatic carbocycles. The van der Waals surface area contributed by atoms with Gasteiger partial charge in [-0.3, -0.25) is 4.79 Å². The lowest BCUT2D eigenvalue weighted by Gasteiger charge is -2.20. The maximum Gasteiger partial charge on any atom is 0.255 e. The van der Waals surface area contributed by atoms with E-state index < -0.39 is 10.0 Å². The van der Waals surface area contributed by atoms with Crippen LogP contribution in [0.3, 0.4) is 0 Å². The van der Waals surface area contributed by atoms with Crippen LogP contribution in [-0.2, 0) is 10.0 Å². The molecule has 1 N–H and O–H groups in total. The summed E-state index contributed by atoms with van der Waals surface area (Å²) in [4.78, 5) is 12.5. The van der Waals surface area contributed by atoms with Crippen LogP contribution in [0, 0.1) is 3.57 Å². The molecule has 0 heterocycles. The topological polar surface area (TPSA) is 75.7 Å². The summed E-state index contributed by atoms with van der Waals surface area (Å²) < 4.78 is 33.2. The van der Waals surface area contributed by atoms with Gasteiger partial charge in [0.25, 0.3) is 5.91 Å². The Morgan fingerprint density at radius 2 is 1.85 bits per heavy atom. The highest BCUT2D eigenvalue weighted by Crippen LogP contribution is 2.28. The van der Waals surface area contributed by atoms with E-state index in [1.807, 2.05) is 18.2 Å². The highest BCUT2D eigenvalue weighted by molar-refractivity contribution is 14.1. The van der Waals surface area contributed by atoms with Gasteiger partial charge in [-0.1, -0.05) is 19.9 Å². The van der Waals surface area contributed by atoms with Crippen LogP contribution in [0.4, 0.5) is 5.69 Å². The second-order valence-corrected chi connectivity index (χ2v) is 8.57. The Balaban J connectivity index is 2.41. The first-order valence-electron chi connectivity index (χ1n) is 8.08. The van der Waals surface area contributed by atoms with E-state index in [9.17, 15) is 13.2 Å². The van der Waals surface area contributed by atoms with Crippen LogP contribution < -0.4 is 10.1 Å². The Morgan fingerprint density at radius 1 is 1.15 bits per heavy atom. The van der Waals surface area contributed by atoms with Gasteiger partial charge < -0.3 is 10.1 Å². The average Bonchev–Trinajstić information content (AvgIpc) is 2.62. The Bertz CT molecular complexity index is 896. The number of benzene rings is 2. The summed E-state index contributed by atoms with van der Waals surface area (Å²) in [6.07, 6.45) is 0. The predicted octanol–water partition coefficient (Wildman–Crippen LogP) is 3.58. The lowest BCUT2D eigenvalue weighted by atomic mass is 10.2.